The maximum Gasteiger partial charge on any atom is 0.308 e. The highest BCUT2D eigenvalue weighted by molar-refractivity contribution is 5.85. The largest absolute Gasteiger partial charge is 0.481 e. The van der Waals surface area contributed by atoms with Gasteiger partial charge < -0.3 is 10.0 Å². The van der Waals surface area contributed by atoms with Crippen LogP contribution >= 0.6 is 0 Å². The number of likely N-dealkylation sites (tertiary alicyclic amines) is 1. The van der Waals surface area contributed by atoms with Gasteiger partial charge in [0, 0.05) is 13.1 Å². The number of rotatable bonds is 4. The quantitative estimate of drug-likeness (QED) is 0.917. The molecule has 1 saturated heterocycles. The maximum absolute atomic E-state index is 12.6. The van der Waals surface area contributed by atoms with Crippen LogP contribution in [-0.2, 0) is 9.59 Å². The molecule has 0 aromatic heterocycles. The predicted molar refractivity (Wildman–Crippen MR) is 76.3 cm³/mol. The molecule has 1 aliphatic heterocycles. The molecule has 1 N–H and O–H groups in total. The minimum absolute atomic E-state index is 0.0183. The first-order valence-electron chi connectivity index (χ1n) is 7.11. The van der Waals surface area contributed by atoms with Crippen molar-refractivity contribution in [3.8, 4) is 0 Å². The third-order valence-corrected chi connectivity index (χ3v) is 4.15. The second kappa shape index (κ2) is 6.07. The number of hydrogen-bond donors (Lipinski definition) is 1. The van der Waals surface area contributed by atoms with Crippen LogP contribution in [0.4, 0.5) is 0 Å². The van der Waals surface area contributed by atoms with Gasteiger partial charge in [0.05, 0.1) is 11.8 Å². The number of aliphatic carboxylic acids is 1. The van der Waals surface area contributed by atoms with E-state index in [1.54, 1.807) is 4.90 Å². The molecule has 0 spiro atoms. The molecule has 1 fully saturated rings. The Morgan fingerprint density at radius 2 is 1.95 bits per heavy atom. The standard InChI is InChI=1S/C16H21NO3/c1-3-13(12-7-5-4-6-8-12)15(18)17-9-11(2)14(10-17)16(19)20/h4-8,11,13-14H,3,9-10H2,1-2H3,(H,19,20). The smallest absolute Gasteiger partial charge is 0.308 e. The lowest BCUT2D eigenvalue weighted by Crippen LogP contribution is -2.34. The zero-order chi connectivity index (χ0) is 14.7. The van der Waals surface area contributed by atoms with Crippen LogP contribution < -0.4 is 0 Å². The molecule has 20 heavy (non-hydrogen) atoms. The summed E-state index contributed by atoms with van der Waals surface area (Å²) in [6, 6.07) is 9.70. The van der Waals surface area contributed by atoms with Crippen molar-refractivity contribution in [1.82, 2.24) is 4.90 Å². The van der Waals surface area contributed by atoms with Crippen molar-refractivity contribution in [2.45, 2.75) is 26.2 Å². The van der Waals surface area contributed by atoms with Gasteiger partial charge >= 0.3 is 5.97 Å². The highest BCUT2D eigenvalue weighted by Gasteiger charge is 2.38. The lowest BCUT2D eigenvalue weighted by molar-refractivity contribution is -0.142. The van der Waals surface area contributed by atoms with Gasteiger partial charge in [0.1, 0.15) is 0 Å². The van der Waals surface area contributed by atoms with Crippen LogP contribution in [0.3, 0.4) is 0 Å². The molecule has 1 amide bonds. The van der Waals surface area contributed by atoms with Crippen LogP contribution in [0.15, 0.2) is 30.3 Å². The van der Waals surface area contributed by atoms with E-state index in [1.807, 2.05) is 44.2 Å². The fourth-order valence-corrected chi connectivity index (χ4v) is 2.93. The number of hydrogen-bond acceptors (Lipinski definition) is 2. The van der Waals surface area contributed by atoms with Gasteiger partial charge in [0.2, 0.25) is 5.91 Å². The zero-order valence-electron chi connectivity index (χ0n) is 12.0. The Bertz CT molecular complexity index is 486. The average Bonchev–Trinajstić information content (AvgIpc) is 2.83. The molecule has 1 aliphatic rings. The van der Waals surface area contributed by atoms with Crippen LogP contribution in [0.1, 0.15) is 31.7 Å². The summed E-state index contributed by atoms with van der Waals surface area (Å²) in [6.07, 6.45) is 0.728. The Hall–Kier alpha value is -1.84. The summed E-state index contributed by atoms with van der Waals surface area (Å²) in [5.41, 5.74) is 1.01. The average molecular weight is 275 g/mol. The number of carboxylic acid groups (broad SMARTS) is 1. The minimum Gasteiger partial charge on any atom is -0.481 e. The summed E-state index contributed by atoms with van der Waals surface area (Å²) < 4.78 is 0. The van der Waals surface area contributed by atoms with E-state index in [0.29, 0.717) is 13.1 Å². The van der Waals surface area contributed by atoms with Gasteiger partial charge in [0.25, 0.3) is 0 Å². The molecule has 4 nitrogen and oxygen atoms in total. The Balaban J connectivity index is 2.13. The van der Waals surface area contributed by atoms with Crippen LogP contribution in [0.25, 0.3) is 0 Å². The van der Waals surface area contributed by atoms with E-state index in [9.17, 15) is 9.59 Å². The molecule has 0 aliphatic carbocycles. The van der Waals surface area contributed by atoms with Gasteiger partial charge in [-0.1, -0.05) is 44.2 Å². The highest BCUT2D eigenvalue weighted by atomic mass is 16.4. The maximum atomic E-state index is 12.6. The van der Waals surface area contributed by atoms with Crippen LogP contribution in [0.5, 0.6) is 0 Å². The SMILES string of the molecule is CCC(C(=O)N1CC(C)C(C(=O)O)C1)c1ccccc1. The minimum atomic E-state index is -0.805. The van der Waals surface area contributed by atoms with E-state index in [1.165, 1.54) is 0 Å². The topological polar surface area (TPSA) is 57.6 Å². The van der Waals surface area contributed by atoms with Crippen molar-refractivity contribution < 1.29 is 14.7 Å². The predicted octanol–water partition coefficient (Wildman–Crippen LogP) is 2.36. The van der Waals surface area contributed by atoms with E-state index >= 15 is 0 Å². The number of nitrogens with zero attached hydrogens (tertiary/aromatic N) is 1. The van der Waals surface area contributed by atoms with E-state index in [-0.39, 0.29) is 17.7 Å². The zero-order valence-corrected chi connectivity index (χ0v) is 12.0. The Labute approximate surface area is 119 Å². The number of amides is 1. The van der Waals surface area contributed by atoms with Crippen molar-refractivity contribution in [2.24, 2.45) is 11.8 Å². The first-order valence-corrected chi connectivity index (χ1v) is 7.11. The third kappa shape index (κ3) is 2.84. The fraction of sp³-hybridized carbons (Fsp3) is 0.500. The molecular weight excluding hydrogens is 254 g/mol. The third-order valence-electron chi connectivity index (χ3n) is 4.15. The molecule has 0 bridgehead atoms. The second-order valence-electron chi connectivity index (χ2n) is 5.54. The molecule has 1 aromatic rings. The summed E-state index contributed by atoms with van der Waals surface area (Å²) in [6.45, 7) is 4.76. The number of carbonyl (C=O) groups excluding carboxylic acids is 1. The van der Waals surface area contributed by atoms with E-state index in [4.69, 9.17) is 5.11 Å². The first-order chi connectivity index (χ1) is 9.54. The van der Waals surface area contributed by atoms with Gasteiger partial charge in [-0.2, -0.15) is 0 Å². The molecule has 0 saturated carbocycles. The summed E-state index contributed by atoms with van der Waals surface area (Å²) in [7, 11) is 0. The summed E-state index contributed by atoms with van der Waals surface area (Å²) in [5, 5.41) is 9.16. The van der Waals surface area contributed by atoms with E-state index < -0.39 is 11.9 Å². The monoisotopic (exact) mass is 275 g/mol. The summed E-state index contributed by atoms with van der Waals surface area (Å²) in [5.74, 6) is -1.34. The Kier molecular flexibility index (Phi) is 4.42. The molecule has 3 unspecified atom stereocenters. The first kappa shape index (κ1) is 14.6. The van der Waals surface area contributed by atoms with Crippen LogP contribution in [-0.4, -0.2) is 35.0 Å². The Morgan fingerprint density at radius 3 is 2.45 bits per heavy atom. The van der Waals surface area contributed by atoms with Gasteiger partial charge in [-0.05, 0) is 17.9 Å². The molecule has 0 radical (unpaired) electrons. The molecule has 108 valence electrons. The van der Waals surface area contributed by atoms with Gasteiger partial charge in [-0.25, -0.2) is 0 Å². The molecule has 1 aromatic carbocycles. The number of benzene rings is 1. The molecule has 4 heteroatoms. The molecule has 3 atom stereocenters. The molecule has 1 heterocycles. The van der Waals surface area contributed by atoms with Crippen molar-refractivity contribution in [3.63, 3.8) is 0 Å². The van der Waals surface area contributed by atoms with Crippen LogP contribution in [0.2, 0.25) is 0 Å². The highest BCUT2D eigenvalue weighted by Crippen LogP contribution is 2.28. The van der Waals surface area contributed by atoms with E-state index in [0.717, 1.165) is 12.0 Å². The van der Waals surface area contributed by atoms with E-state index in [2.05, 4.69) is 0 Å². The van der Waals surface area contributed by atoms with Crippen LogP contribution in [0, 0.1) is 11.8 Å². The second-order valence-corrected chi connectivity index (χ2v) is 5.54. The lowest BCUT2D eigenvalue weighted by atomic mass is 9.95. The summed E-state index contributed by atoms with van der Waals surface area (Å²) >= 11 is 0. The van der Waals surface area contributed by atoms with Crippen molar-refractivity contribution >= 4 is 11.9 Å². The molecular formula is C16H21NO3. The normalized spacial score (nSPS) is 23.6. The number of carbonyl (C=O) groups is 2. The van der Waals surface area contributed by atoms with Crippen molar-refractivity contribution in [2.75, 3.05) is 13.1 Å². The Morgan fingerprint density at radius 1 is 1.30 bits per heavy atom. The van der Waals surface area contributed by atoms with Gasteiger partial charge in [-0.15, -0.1) is 0 Å². The van der Waals surface area contributed by atoms with Gasteiger partial charge in [-0.3, -0.25) is 9.59 Å². The lowest BCUT2D eigenvalue weighted by Gasteiger charge is -2.23. The summed E-state index contributed by atoms with van der Waals surface area (Å²) in [4.78, 5) is 25.5. The van der Waals surface area contributed by atoms with Gasteiger partial charge in [0.15, 0.2) is 0 Å². The fourth-order valence-electron chi connectivity index (χ4n) is 2.93. The van der Waals surface area contributed by atoms with Crippen molar-refractivity contribution in [3.05, 3.63) is 35.9 Å². The van der Waals surface area contributed by atoms with Crippen molar-refractivity contribution in [1.29, 1.82) is 0 Å². The number of carboxylic acids is 1. The molecule has 2 rings (SSSR count).